The summed E-state index contributed by atoms with van der Waals surface area (Å²) in [4.78, 5) is 4.26. The van der Waals surface area contributed by atoms with Gasteiger partial charge in [0, 0.05) is 26.2 Å². The van der Waals surface area contributed by atoms with Gasteiger partial charge in [0.2, 0.25) is 0 Å². The standard InChI is InChI=1S/C22H27FN6O/c1-15(17-8-9-19(18(23)13-17)30-14-16-6-7-16)26-22(24-2)25-11-10-21-28-27-20-5-3-4-12-29(20)21/h3-5,8-9,12-13,15-16H,6-7,10-11,14H2,1-2H3,(H2,24,25,26). The van der Waals surface area contributed by atoms with Crippen LogP contribution in [0, 0.1) is 11.7 Å². The molecule has 1 aliphatic rings. The number of aromatic nitrogens is 3. The van der Waals surface area contributed by atoms with Crippen molar-refractivity contribution >= 4 is 11.6 Å². The second-order valence-electron chi connectivity index (χ2n) is 7.60. The molecule has 2 heterocycles. The highest BCUT2D eigenvalue weighted by Gasteiger charge is 2.22. The lowest BCUT2D eigenvalue weighted by Crippen LogP contribution is -2.39. The number of fused-ring (bicyclic) bond motifs is 1. The maximum absolute atomic E-state index is 14.4. The Balaban J connectivity index is 1.30. The van der Waals surface area contributed by atoms with E-state index in [1.54, 1.807) is 13.1 Å². The van der Waals surface area contributed by atoms with Gasteiger partial charge in [0.25, 0.3) is 0 Å². The van der Waals surface area contributed by atoms with Crippen LogP contribution in [0.2, 0.25) is 0 Å². The van der Waals surface area contributed by atoms with Gasteiger partial charge < -0.3 is 15.4 Å². The lowest BCUT2D eigenvalue weighted by Gasteiger charge is -2.19. The average molecular weight is 410 g/mol. The van der Waals surface area contributed by atoms with Crippen molar-refractivity contribution in [3.63, 3.8) is 0 Å². The van der Waals surface area contributed by atoms with Gasteiger partial charge in [0.05, 0.1) is 12.6 Å². The van der Waals surface area contributed by atoms with Crippen LogP contribution < -0.4 is 15.4 Å². The fourth-order valence-electron chi connectivity index (χ4n) is 3.23. The van der Waals surface area contributed by atoms with Crippen molar-refractivity contribution in [2.24, 2.45) is 10.9 Å². The van der Waals surface area contributed by atoms with Crippen molar-refractivity contribution in [3.8, 4) is 5.75 Å². The molecule has 0 amide bonds. The van der Waals surface area contributed by atoms with E-state index in [0.717, 1.165) is 17.0 Å². The van der Waals surface area contributed by atoms with Crippen molar-refractivity contribution < 1.29 is 9.13 Å². The van der Waals surface area contributed by atoms with E-state index in [9.17, 15) is 4.39 Å². The molecule has 0 radical (unpaired) electrons. The van der Waals surface area contributed by atoms with Gasteiger partial charge in [-0.25, -0.2) is 4.39 Å². The summed E-state index contributed by atoms with van der Waals surface area (Å²) in [7, 11) is 1.71. The molecule has 0 bridgehead atoms. The summed E-state index contributed by atoms with van der Waals surface area (Å²) >= 11 is 0. The molecule has 158 valence electrons. The fraction of sp³-hybridized carbons (Fsp3) is 0.409. The topological polar surface area (TPSA) is 75.8 Å². The SMILES string of the molecule is CN=C(NCCc1nnc2ccccn12)NC(C)c1ccc(OCC2CC2)c(F)c1. The molecule has 30 heavy (non-hydrogen) atoms. The molecule has 7 nitrogen and oxygen atoms in total. The molecule has 1 atom stereocenters. The minimum Gasteiger partial charge on any atom is -0.490 e. The van der Waals surface area contributed by atoms with Crippen molar-refractivity contribution in [2.45, 2.75) is 32.2 Å². The first-order valence-electron chi connectivity index (χ1n) is 10.3. The van der Waals surface area contributed by atoms with Gasteiger partial charge in [0.15, 0.2) is 23.2 Å². The van der Waals surface area contributed by atoms with Crippen LogP contribution in [-0.4, -0.2) is 40.8 Å². The van der Waals surface area contributed by atoms with Gasteiger partial charge in [-0.05, 0) is 55.5 Å². The monoisotopic (exact) mass is 410 g/mol. The van der Waals surface area contributed by atoms with Crippen LogP contribution >= 0.6 is 0 Å². The third-order valence-electron chi connectivity index (χ3n) is 5.23. The predicted molar refractivity (Wildman–Crippen MR) is 114 cm³/mol. The molecule has 1 aliphatic carbocycles. The number of benzene rings is 1. The average Bonchev–Trinajstić information content (AvgIpc) is 3.51. The summed E-state index contributed by atoms with van der Waals surface area (Å²) < 4.78 is 21.9. The van der Waals surface area contributed by atoms with E-state index in [0.29, 0.717) is 37.2 Å². The fourth-order valence-corrected chi connectivity index (χ4v) is 3.23. The third-order valence-corrected chi connectivity index (χ3v) is 5.23. The number of nitrogens with zero attached hydrogens (tertiary/aromatic N) is 4. The number of guanidine groups is 1. The zero-order valence-corrected chi connectivity index (χ0v) is 17.3. The third kappa shape index (κ3) is 4.87. The summed E-state index contributed by atoms with van der Waals surface area (Å²) in [5.41, 5.74) is 1.66. The lowest BCUT2D eigenvalue weighted by molar-refractivity contribution is 0.285. The van der Waals surface area contributed by atoms with Crippen LogP contribution in [-0.2, 0) is 6.42 Å². The van der Waals surface area contributed by atoms with Crippen LogP contribution in [0.25, 0.3) is 5.65 Å². The van der Waals surface area contributed by atoms with E-state index in [1.807, 2.05) is 41.8 Å². The van der Waals surface area contributed by atoms with Crippen molar-refractivity contribution in [1.82, 2.24) is 25.2 Å². The number of hydrogen-bond donors (Lipinski definition) is 2. The number of hydrogen-bond acceptors (Lipinski definition) is 4. The molecule has 3 aromatic rings. The molecule has 0 aliphatic heterocycles. The van der Waals surface area contributed by atoms with E-state index >= 15 is 0 Å². The largest absolute Gasteiger partial charge is 0.490 e. The smallest absolute Gasteiger partial charge is 0.191 e. The minimum absolute atomic E-state index is 0.114. The van der Waals surface area contributed by atoms with Gasteiger partial charge >= 0.3 is 0 Å². The highest BCUT2D eigenvalue weighted by molar-refractivity contribution is 5.80. The molecular formula is C22H27FN6O. The number of halogens is 1. The van der Waals surface area contributed by atoms with Gasteiger partial charge in [-0.15, -0.1) is 10.2 Å². The highest BCUT2D eigenvalue weighted by atomic mass is 19.1. The second kappa shape index (κ2) is 9.11. The molecule has 1 fully saturated rings. The maximum atomic E-state index is 14.4. The van der Waals surface area contributed by atoms with Gasteiger partial charge in [-0.1, -0.05) is 12.1 Å². The highest BCUT2D eigenvalue weighted by Crippen LogP contribution is 2.30. The molecule has 8 heteroatoms. The molecule has 2 aromatic heterocycles. The maximum Gasteiger partial charge on any atom is 0.191 e. The minimum atomic E-state index is -0.330. The Labute approximate surface area is 175 Å². The number of ether oxygens (including phenoxy) is 1. The van der Waals surface area contributed by atoms with Crippen LogP contribution in [0.1, 0.15) is 37.2 Å². The van der Waals surface area contributed by atoms with Gasteiger partial charge in [0.1, 0.15) is 5.82 Å². The van der Waals surface area contributed by atoms with E-state index in [1.165, 1.54) is 18.9 Å². The Bertz CT molecular complexity index is 1030. The van der Waals surface area contributed by atoms with E-state index in [2.05, 4.69) is 25.8 Å². The number of pyridine rings is 1. The zero-order chi connectivity index (χ0) is 20.9. The predicted octanol–water partition coefficient (Wildman–Crippen LogP) is 3.13. The Hall–Kier alpha value is -3.16. The second-order valence-corrected chi connectivity index (χ2v) is 7.60. The van der Waals surface area contributed by atoms with E-state index in [-0.39, 0.29) is 11.9 Å². The van der Waals surface area contributed by atoms with E-state index < -0.39 is 0 Å². The zero-order valence-electron chi connectivity index (χ0n) is 17.3. The first-order chi connectivity index (χ1) is 14.6. The van der Waals surface area contributed by atoms with Gasteiger partial charge in [-0.3, -0.25) is 9.39 Å². The Kier molecular flexibility index (Phi) is 6.11. The Morgan fingerprint density at radius 1 is 1.30 bits per heavy atom. The van der Waals surface area contributed by atoms with E-state index in [4.69, 9.17) is 4.74 Å². The summed E-state index contributed by atoms with van der Waals surface area (Å²) in [5.74, 6) is 2.11. The molecule has 1 saturated carbocycles. The van der Waals surface area contributed by atoms with Crippen molar-refractivity contribution in [1.29, 1.82) is 0 Å². The van der Waals surface area contributed by atoms with Crippen molar-refractivity contribution in [3.05, 3.63) is 59.8 Å². The van der Waals surface area contributed by atoms with Gasteiger partial charge in [-0.2, -0.15) is 0 Å². The van der Waals surface area contributed by atoms with Crippen molar-refractivity contribution in [2.75, 3.05) is 20.2 Å². The molecule has 0 spiro atoms. The first-order valence-corrected chi connectivity index (χ1v) is 10.3. The number of rotatable bonds is 8. The molecular weight excluding hydrogens is 383 g/mol. The van der Waals surface area contributed by atoms with Crippen LogP contribution in [0.4, 0.5) is 4.39 Å². The Morgan fingerprint density at radius 2 is 2.17 bits per heavy atom. The molecule has 1 aromatic carbocycles. The molecule has 0 saturated heterocycles. The summed E-state index contributed by atoms with van der Waals surface area (Å²) in [6.45, 7) is 3.21. The Morgan fingerprint density at radius 3 is 2.93 bits per heavy atom. The molecule has 2 N–H and O–H groups in total. The molecule has 1 unspecified atom stereocenters. The van der Waals surface area contributed by atoms with Crippen LogP contribution in [0.5, 0.6) is 5.75 Å². The summed E-state index contributed by atoms with van der Waals surface area (Å²) in [6.07, 6.45) is 5.01. The normalized spacial score (nSPS) is 15.2. The lowest BCUT2D eigenvalue weighted by atomic mass is 10.1. The number of aliphatic imine (C=N–C) groups is 1. The molecule has 4 rings (SSSR count). The summed E-state index contributed by atoms with van der Waals surface area (Å²) in [6, 6.07) is 10.8. The first kappa shape index (κ1) is 20.1. The summed E-state index contributed by atoms with van der Waals surface area (Å²) in [5, 5.41) is 15.0. The quantitative estimate of drug-likeness (QED) is 0.441. The van der Waals surface area contributed by atoms with Crippen LogP contribution in [0.15, 0.2) is 47.6 Å². The van der Waals surface area contributed by atoms with Crippen LogP contribution in [0.3, 0.4) is 0 Å². The number of nitrogens with one attached hydrogen (secondary N) is 2.